The average Bonchev–Trinajstić information content (AvgIpc) is 3.89. The number of carbonyl (C=O) groups is 6. The maximum atomic E-state index is 12.7. The number of carbonyl (C=O) groups excluding carboxylic acids is 5. The first-order chi connectivity index (χ1) is 26.0. The van der Waals surface area contributed by atoms with E-state index >= 15 is 0 Å². The van der Waals surface area contributed by atoms with Gasteiger partial charge < -0.3 is 19.3 Å². The van der Waals surface area contributed by atoms with E-state index in [4.69, 9.17) is 14.2 Å². The monoisotopic (exact) mass is 774 g/mol. The summed E-state index contributed by atoms with van der Waals surface area (Å²) < 4.78 is 16.4. The fourth-order valence-electron chi connectivity index (χ4n) is 5.64. The maximum absolute atomic E-state index is 12.7. The normalized spacial score (nSPS) is 13.2. The standard InChI is InChI=1S/C42H46O10S2/c1-4-42(41(48)49,25-13-15-27-51-40(47)29(3)33-22-24-35(54-33)38(45)31-18-10-6-11-19-31)52-36(43)20-12-7-14-26-50-39(46)28(2)32-21-23-34(53-32)37(44)30-16-8-5-9-17-30/h5-6,8-11,16-19,21-24,28-29H,4,7,12-15,20,25-27H2,1-3H3,(H,48,49)/t28-,29+,42+/m0/s1. The number of ketones is 2. The zero-order valence-electron chi connectivity index (χ0n) is 30.7. The number of esters is 3. The van der Waals surface area contributed by atoms with Crippen molar-refractivity contribution in [1.82, 2.24) is 0 Å². The van der Waals surface area contributed by atoms with Crippen molar-refractivity contribution in [1.29, 1.82) is 0 Å². The molecule has 54 heavy (non-hydrogen) atoms. The van der Waals surface area contributed by atoms with Gasteiger partial charge in [0.15, 0.2) is 0 Å². The molecule has 3 atom stereocenters. The molecule has 12 heteroatoms. The van der Waals surface area contributed by atoms with Crippen LogP contribution in [0.1, 0.15) is 124 Å². The number of unbranched alkanes of at least 4 members (excludes halogenated alkanes) is 3. The Labute approximate surface area is 323 Å². The van der Waals surface area contributed by atoms with Crippen LogP contribution in [-0.4, -0.2) is 59.4 Å². The van der Waals surface area contributed by atoms with E-state index in [0.717, 1.165) is 4.88 Å². The molecular weight excluding hydrogens is 729 g/mol. The average molecular weight is 775 g/mol. The van der Waals surface area contributed by atoms with Gasteiger partial charge in [0.2, 0.25) is 17.2 Å². The summed E-state index contributed by atoms with van der Waals surface area (Å²) >= 11 is 2.52. The second-order valence-electron chi connectivity index (χ2n) is 13.0. The molecule has 0 aliphatic rings. The van der Waals surface area contributed by atoms with Gasteiger partial charge in [0, 0.05) is 27.3 Å². The summed E-state index contributed by atoms with van der Waals surface area (Å²) in [4.78, 5) is 78.2. The molecule has 2 aromatic carbocycles. The molecule has 2 aromatic heterocycles. The van der Waals surface area contributed by atoms with Crippen LogP contribution in [0.15, 0.2) is 84.9 Å². The molecule has 0 bridgehead atoms. The molecule has 0 spiro atoms. The van der Waals surface area contributed by atoms with Gasteiger partial charge in [-0.2, -0.15) is 0 Å². The van der Waals surface area contributed by atoms with Crippen molar-refractivity contribution in [3.63, 3.8) is 0 Å². The van der Waals surface area contributed by atoms with Gasteiger partial charge in [-0.3, -0.25) is 24.0 Å². The fourth-order valence-corrected chi connectivity index (χ4v) is 7.66. The molecule has 4 rings (SSSR count). The van der Waals surface area contributed by atoms with E-state index in [0.29, 0.717) is 57.9 Å². The molecule has 2 heterocycles. The lowest BCUT2D eigenvalue weighted by atomic mass is 9.93. The molecule has 286 valence electrons. The number of ether oxygens (including phenoxy) is 3. The molecule has 0 radical (unpaired) electrons. The molecule has 4 aromatic rings. The molecule has 10 nitrogen and oxygen atoms in total. The summed E-state index contributed by atoms with van der Waals surface area (Å²) in [6.07, 6.45) is 2.40. The van der Waals surface area contributed by atoms with Crippen molar-refractivity contribution in [2.45, 2.75) is 89.6 Å². The Bertz CT molecular complexity index is 1880. The predicted molar refractivity (Wildman–Crippen MR) is 206 cm³/mol. The van der Waals surface area contributed by atoms with Crippen LogP contribution in [0.2, 0.25) is 0 Å². The van der Waals surface area contributed by atoms with Crippen molar-refractivity contribution in [2.75, 3.05) is 13.2 Å². The first-order valence-corrected chi connectivity index (χ1v) is 19.8. The molecular formula is C42H46O10S2. The van der Waals surface area contributed by atoms with Crippen LogP contribution in [0.4, 0.5) is 0 Å². The molecule has 0 aliphatic heterocycles. The summed E-state index contributed by atoms with van der Waals surface area (Å²) in [5.74, 6) is -4.01. The molecule has 0 amide bonds. The summed E-state index contributed by atoms with van der Waals surface area (Å²) in [5, 5.41) is 9.98. The van der Waals surface area contributed by atoms with Gasteiger partial charge in [0.05, 0.1) is 34.8 Å². The smallest absolute Gasteiger partial charge is 0.348 e. The van der Waals surface area contributed by atoms with Gasteiger partial charge >= 0.3 is 23.9 Å². The summed E-state index contributed by atoms with van der Waals surface area (Å²) in [5.41, 5.74) is -0.534. The third kappa shape index (κ3) is 11.5. The first kappa shape index (κ1) is 41.8. The Morgan fingerprint density at radius 1 is 0.630 bits per heavy atom. The SMILES string of the molecule is CC[C@](CCCCOC(=O)[C@H](C)c1ccc(C(=O)c2ccccc2)s1)(OC(=O)CCCCCOC(=O)[C@@H](C)c1ccc(C(=O)c2ccccc2)s1)C(=O)O. The lowest BCUT2D eigenvalue weighted by Gasteiger charge is -2.28. The molecule has 0 unspecified atom stereocenters. The minimum absolute atomic E-state index is 0.0175. The van der Waals surface area contributed by atoms with Crippen molar-refractivity contribution in [3.8, 4) is 0 Å². The second-order valence-corrected chi connectivity index (χ2v) is 15.2. The minimum atomic E-state index is -1.69. The summed E-state index contributed by atoms with van der Waals surface area (Å²) in [7, 11) is 0. The van der Waals surface area contributed by atoms with Gasteiger partial charge in [-0.15, -0.1) is 22.7 Å². The first-order valence-electron chi connectivity index (χ1n) is 18.1. The van der Waals surface area contributed by atoms with E-state index in [1.165, 1.54) is 22.7 Å². The second kappa shape index (κ2) is 20.5. The minimum Gasteiger partial charge on any atom is -0.478 e. The summed E-state index contributed by atoms with van der Waals surface area (Å²) in [6.45, 7) is 5.33. The molecule has 0 aliphatic carbocycles. The van der Waals surface area contributed by atoms with E-state index in [2.05, 4.69) is 0 Å². The van der Waals surface area contributed by atoms with E-state index in [1.807, 2.05) is 12.1 Å². The van der Waals surface area contributed by atoms with Crippen LogP contribution in [0.5, 0.6) is 0 Å². The number of rotatable bonds is 22. The number of thiophene rings is 2. The quantitative estimate of drug-likeness (QED) is 0.0355. The topological polar surface area (TPSA) is 150 Å². The Kier molecular flexibility index (Phi) is 15.9. The van der Waals surface area contributed by atoms with Crippen LogP contribution in [0.25, 0.3) is 0 Å². The van der Waals surface area contributed by atoms with Crippen LogP contribution in [0, 0.1) is 0 Å². The van der Waals surface area contributed by atoms with Gasteiger partial charge in [0.25, 0.3) is 0 Å². The Morgan fingerprint density at radius 2 is 1.09 bits per heavy atom. The Morgan fingerprint density at radius 3 is 1.54 bits per heavy atom. The van der Waals surface area contributed by atoms with E-state index in [1.54, 1.807) is 93.6 Å². The highest BCUT2D eigenvalue weighted by atomic mass is 32.1. The van der Waals surface area contributed by atoms with E-state index in [-0.39, 0.29) is 44.0 Å². The van der Waals surface area contributed by atoms with Crippen LogP contribution in [-0.2, 0) is 33.4 Å². The highest BCUT2D eigenvalue weighted by molar-refractivity contribution is 7.14. The zero-order chi connectivity index (χ0) is 39.1. The van der Waals surface area contributed by atoms with Crippen molar-refractivity contribution < 1.29 is 48.1 Å². The third-order valence-electron chi connectivity index (χ3n) is 9.09. The predicted octanol–water partition coefficient (Wildman–Crippen LogP) is 8.77. The highest BCUT2D eigenvalue weighted by Crippen LogP contribution is 2.30. The molecule has 0 saturated carbocycles. The van der Waals surface area contributed by atoms with Gasteiger partial charge in [-0.1, -0.05) is 67.6 Å². The van der Waals surface area contributed by atoms with Crippen LogP contribution in [0.3, 0.4) is 0 Å². The third-order valence-corrected chi connectivity index (χ3v) is 11.6. The van der Waals surface area contributed by atoms with Crippen LogP contribution >= 0.6 is 22.7 Å². The molecule has 0 saturated heterocycles. The number of aliphatic carboxylic acids is 1. The lowest BCUT2D eigenvalue weighted by molar-refractivity contribution is -0.180. The maximum Gasteiger partial charge on any atom is 0.348 e. The number of carboxylic acids is 1. The van der Waals surface area contributed by atoms with E-state index < -0.39 is 41.3 Å². The number of carboxylic acid groups (broad SMARTS) is 1. The van der Waals surface area contributed by atoms with Crippen molar-refractivity contribution >= 4 is 58.1 Å². The molecule has 0 fully saturated rings. The summed E-state index contributed by atoms with van der Waals surface area (Å²) in [6, 6.07) is 24.8. The number of benzene rings is 2. The largest absolute Gasteiger partial charge is 0.478 e. The molecule has 1 N–H and O–H groups in total. The van der Waals surface area contributed by atoms with Crippen molar-refractivity contribution in [2.24, 2.45) is 0 Å². The lowest BCUT2D eigenvalue weighted by Crippen LogP contribution is -2.43. The zero-order valence-corrected chi connectivity index (χ0v) is 32.4. The van der Waals surface area contributed by atoms with Crippen molar-refractivity contribution in [3.05, 3.63) is 116 Å². The fraction of sp³-hybridized carbons (Fsp3) is 0.381. The van der Waals surface area contributed by atoms with Gasteiger partial charge in [-0.05, 0) is 83.1 Å². The Hall–Kier alpha value is -4.94. The number of hydrogen-bond donors (Lipinski definition) is 1. The van der Waals surface area contributed by atoms with Gasteiger partial charge in [-0.25, -0.2) is 4.79 Å². The Balaban J connectivity index is 1.12. The highest BCUT2D eigenvalue weighted by Gasteiger charge is 2.40. The van der Waals surface area contributed by atoms with Crippen LogP contribution < -0.4 is 0 Å². The number of hydrogen-bond acceptors (Lipinski definition) is 11. The van der Waals surface area contributed by atoms with Gasteiger partial charge in [0.1, 0.15) is 0 Å². The van der Waals surface area contributed by atoms with E-state index in [9.17, 15) is 33.9 Å².